The zero-order chi connectivity index (χ0) is 10.7. The molecule has 0 amide bonds. The monoisotopic (exact) mass is 199 g/mol. The van der Waals surface area contributed by atoms with E-state index < -0.39 is 11.6 Å². The van der Waals surface area contributed by atoms with E-state index in [1.165, 1.54) is 6.07 Å². The normalized spacial score (nSPS) is 13.0. The van der Waals surface area contributed by atoms with Gasteiger partial charge >= 0.3 is 0 Å². The van der Waals surface area contributed by atoms with Crippen LogP contribution in [0.15, 0.2) is 18.2 Å². The van der Waals surface area contributed by atoms with Gasteiger partial charge in [-0.15, -0.1) is 0 Å². The Morgan fingerprint density at radius 1 is 1.14 bits per heavy atom. The zero-order valence-electron chi connectivity index (χ0n) is 8.64. The molecule has 0 aliphatic heterocycles. The van der Waals surface area contributed by atoms with Crippen molar-refractivity contribution < 1.29 is 8.78 Å². The van der Waals surface area contributed by atoms with E-state index in [-0.39, 0.29) is 11.7 Å². The highest BCUT2D eigenvalue weighted by atomic mass is 19.1. The fraction of sp³-hybridized carbons (Fsp3) is 0.455. The number of nitrogens with one attached hydrogen (secondary N) is 1. The van der Waals surface area contributed by atoms with Crippen LogP contribution in [-0.2, 0) is 0 Å². The van der Waals surface area contributed by atoms with Gasteiger partial charge in [0, 0.05) is 6.04 Å². The van der Waals surface area contributed by atoms with Gasteiger partial charge in [-0.1, -0.05) is 13.8 Å². The molecule has 1 nitrogen and oxygen atoms in total. The van der Waals surface area contributed by atoms with Gasteiger partial charge in [0.2, 0.25) is 0 Å². The third-order valence-electron chi connectivity index (χ3n) is 2.31. The van der Waals surface area contributed by atoms with Crippen molar-refractivity contribution in [2.45, 2.75) is 26.8 Å². The lowest BCUT2D eigenvalue weighted by atomic mass is 10.1. The van der Waals surface area contributed by atoms with E-state index in [9.17, 15) is 8.78 Å². The molecular weight excluding hydrogens is 184 g/mol. The highest BCUT2D eigenvalue weighted by Crippen LogP contribution is 2.18. The van der Waals surface area contributed by atoms with Crippen molar-refractivity contribution in [3.05, 3.63) is 29.8 Å². The molecule has 1 N–H and O–H groups in total. The van der Waals surface area contributed by atoms with Crippen LogP contribution < -0.4 is 5.32 Å². The van der Waals surface area contributed by atoms with E-state index in [0.29, 0.717) is 5.92 Å². The van der Waals surface area contributed by atoms with Crippen LogP contribution in [0.3, 0.4) is 0 Å². The summed E-state index contributed by atoms with van der Waals surface area (Å²) in [6, 6.07) is 3.53. The lowest BCUT2D eigenvalue weighted by Crippen LogP contribution is -2.22. The third kappa shape index (κ3) is 2.69. The summed E-state index contributed by atoms with van der Waals surface area (Å²) in [5, 5.41) is 2.94. The first kappa shape index (κ1) is 11.0. The van der Waals surface area contributed by atoms with Gasteiger partial charge < -0.3 is 5.32 Å². The second-order valence-electron chi connectivity index (χ2n) is 3.80. The average Bonchev–Trinajstić information content (AvgIpc) is 2.11. The van der Waals surface area contributed by atoms with Gasteiger partial charge in [0.05, 0.1) is 5.69 Å². The molecule has 0 fully saturated rings. The molecule has 3 heteroatoms. The van der Waals surface area contributed by atoms with Crippen LogP contribution in [0.2, 0.25) is 0 Å². The van der Waals surface area contributed by atoms with Gasteiger partial charge in [-0.2, -0.15) is 0 Å². The largest absolute Gasteiger partial charge is 0.380 e. The Morgan fingerprint density at radius 2 is 1.79 bits per heavy atom. The fourth-order valence-electron chi connectivity index (χ4n) is 1.02. The van der Waals surface area contributed by atoms with Crippen molar-refractivity contribution >= 4 is 5.69 Å². The minimum atomic E-state index is -0.426. The molecule has 0 heterocycles. The minimum absolute atomic E-state index is 0.117. The van der Waals surface area contributed by atoms with E-state index >= 15 is 0 Å². The van der Waals surface area contributed by atoms with Gasteiger partial charge in [0.1, 0.15) is 11.6 Å². The van der Waals surface area contributed by atoms with Crippen LogP contribution in [0.5, 0.6) is 0 Å². The standard InChI is InChI=1S/C11H15F2N/c1-7(2)8(3)14-11-6-9(12)4-5-10(11)13/h4-8,14H,1-3H3/t8-/m1/s1. The molecule has 0 aliphatic rings. The maximum Gasteiger partial charge on any atom is 0.146 e. The van der Waals surface area contributed by atoms with Gasteiger partial charge in [-0.3, -0.25) is 0 Å². The number of hydrogen-bond donors (Lipinski definition) is 1. The lowest BCUT2D eigenvalue weighted by Gasteiger charge is -2.19. The summed E-state index contributed by atoms with van der Waals surface area (Å²) in [7, 11) is 0. The summed E-state index contributed by atoms with van der Waals surface area (Å²) >= 11 is 0. The van der Waals surface area contributed by atoms with E-state index in [1.807, 2.05) is 20.8 Å². The van der Waals surface area contributed by atoms with Gasteiger partial charge in [-0.25, -0.2) is 8.78 Å². The van der Waals surface area contributed by atoms with Crippen molar-refractivity contribution in [2.75, 3.05) is 5.32 Å². The summed E-state index contributed by atoms with van der Waals surface area (Å²) < 4.78 is 26.0. The first-order valence-electron chi connectivity index (χ1n) is 4.72. The van der Waals surface area contributed by atoms with E-state index in [0.717, 1.165) is 12.1 Å². The molecule has 1 atom stereocenters. The van der Waals surface area contributed by atoms with Crippen molar-refractivity contribution in [2.24, 2.45) is 5.92 Å². The molecule has 14 heavy (non-hydrogen) atoms. The summed E-state index contributed by atoms with van der Waals surface area (Å²) in [6.07, 6.45) is 0. The molecule has 0 saturated carbocycles. The number of halogens is 2. The van der Waals surface area contributed by atoms with E-state index in [1.54, 1.807) is 0 Å². The highest BCUT2D eigenvalue weighted by molar-refractivity contribution is 5.45. The zero-order valence-corrected chi connectivity index (χ0v) is 8.64. The number of hydrogen-bond acceptors (Lipinski definition) is 1. The Labute approximate surface area is 83.1 Å². The summed E-state index contributed by atoms with van der Waals surface area (Å²) in [5.74, 6) is -0.471. The molecule has 0 radical (unpaired) electrons. The Bertz CT molecular complexity index is 310. The second-order valence-corrected chi connectivity index (χ2v) is 3.80. The number of anilines is 1. The van der Waals surface area contributed by atoms with Crippen LogP contribution in [0.4, 0.5) is 14.5 Å². The van der Waals surface area contributed by atoms with E-state index in [4.69, 9.17) is 0 Å². The number of benzene rings is 1. The van der Waals surface area contributed by atoms with Crippen LogP contribution in [0, 0.1) is 17.6 Å². The van der Waals surface area contributed by atoms with Crippen LogP contribution in [-0.4, -0.2) is 6.04 Å². The molecular formula is C11H15F2N. The smallest absolute Gasteiger partial charge is 0.146 e. The third-order valence-corrected chi connectivity index (χ3v) is 2.31. The van der Waals surface area contributed by atoms with Gasteiger partial charge in [0.15, 0.2) is 0 Å². The molecule has 1 aromatic carbocycles. The molecule has 0 aliphatic carbocycles. The van der Waals surface area contributed by atoms with Crippen molar-refractivity contribution in [3.63, 3.8) is 0 Å². The van der Waals surface area contributed by atoms with Crippen molar-refractivity contribution in [3.8, 4) is 0 Å². The Kier molecular flexibility index (Phi) is 3.44. The van der Waals surface area contributed by atoms with Crippen LogP contribution >= 0.6 is 0 Å². The summed E-state index contributed by atoms with van der Waals surface area (Å²) in [6.45, 7) is 5.98. The predicted molar refractivity (Wildman–Crippen MR) is 54.3 cm³/mol. The minimum Gasteiger partial charge on any atom is -0.380 e. The Morgan fingerprint density at radius 3 is 2.36 bits per heavy atom. The molecule has 0 unspecified atom stereocenters. The Hall–Kier alpha value is -1.12. The predicted octanol–water partition coefficient (Wildman–Crippen LogP) is 3.42. The average molecular weight is 199 g/mol. The van der Waals surface area contributed by atoms with E-state index in [2.05, 4.69) is 5.32 Å². The van der Waals surface area contributed by atoms with Crippen molar-refractivity contribution in [1.29, 1.82) is 0 Å². The molecule has 0 aromatic heterocycles. The highest BCUT2D eigenvalue weighted by Gasteiger charge is 2.10. The quantitative estimate of drug-likeness (QED) is 0.786. The second kappa shape index (κ2) is 4.40. The maximum atomic E-state index is 13.2. The first-order chi connectivity index (χ1) is 6.50. The topological polar surface area (TPSA) is 12.0 Å². The Balaban J connectivity index is 2.80. The lowest BCUT2D eigenvalue weighted by molar-refractivity contribution is 0.549. The SMILES string of the molecule is CC(C)[C@@H](C)Nc1cc(F)ccc1F. The van der Waals surface area contributed by atoms with Gasteiger partial charge in [0.25, 0.3) is 0 Å². The number of rotatable bonds is 3. The summed E-state index contributed by atoms with van der Waals surface area (Å²) in [5.41, 5.74) is 0.228. The van der Waals surface area contributed by atoms with Crippen molar-refractivity contribution in [1.82, 2.24) is 0 Å². The molecule has 1 rings (SSSR count). The molecule has 78 valence electrons. The summed E-state index contributed by atoms with van der Waals surface area (Å²) in [4.78, 5) is 0. The molecule has 0 saturated heterocycles. The molecule has 1 aromatic rings. The molecule has 0 spiro atoms. The fourth-order valence-corrected chi connectivity index (χ4v) is 1.02. The first-order valence-corrected chi connectivity index (χ1v) is 4.72. The van der Waals surface area contributed by atoms with Crippen LogP contribution in [0.1, 0.15) is 20.8 Å². The maximum absolute atomic E-state index is 13.2. The van der Waals surface area contributed by atoms with Crippen LogP contribution in [0.25, 0.3) is 0 Å². The molecule has 0 bridgehead atoms. The van der Waals surface area contributed by atoms with Gasteiger partial charge in [-0.05, 0) is 31.0 Å².